The molecular weight excluding hydrogens is 292 g/mol. The summed E-state index contributed by atoms with van der Waals surface area (Å²) in [4.78, 5) is 4.35. The maximum Gasteiger partial charge on any atom is 0.160 e. The molecule has 3 aromatic heterocycles. The van der Waals surface area contributed by atoms with Crippen LogP contribution >= 0.6 is 0 Å². The summed E-state index contributed by atoms with van der Waals surface area (Å²) < 4.78 is 7.92. The van der Waals surface area contributed by atoms with Crippen molar-refractivity contribution >= 4 is 5.65 Å². The van der Waals surface area contributed by atoms with Crippen molar-refractivity contribution in [2.45, 2.75) is 38.1 Å². The van der Waals surface area contributed by atoms with Crippen molar-refractivity contribution in [3.63, 3.8) is 0 Å². The zero-order chi connectivity index (χ0) is 15.6. The van der Waals surface area contributed by atoms with Crippen LogP contribution in [0.25, 0.3) is 16.8 Å². The Morgan fingerprint density at radius 2 is 2.13 bits per heavy atom. The fraction of sp³-hybridized carbons (Fsp3) is 0.353. The van der Waals surface area contributed by atoms with Crippen LogP contribution < -0.4 is 0 Å². The Hall–Kier alpha value is -2.31. The Kier molecular flexibility index (Phi) is 2.50. The Morgan fingerprint density at radius 1 is 1.26 bits per heavy atom. The van der Waals surface area contributed by atoms with Gasteiger partial charge in [-0.05, 0) is 37.5 Å². The first-order valence-electron chi connectivity index (χ1n) is 7.78. The minimum atomic E-state index is -0.584. The molecule has 6 heteroatoms. The largest absolute Gasteiger partial charge is 0.385 e. The zero-order valence-electron chi connectivity index (χ0n) is 12.7. The fourth-order valence-electron chi connectivity index (χ4n) is 3.43. The van der Waals surface area contributed by atoms with Crippen LogP contribution in [0.3, 0.4) is 0 Å². The third-order valence-electron chi connectivity index (χ3n) is 5.01. The van der Waals surface area contributed by atoms with E-state index in [9.17, 15) is 5.11 Å². The van der Waals surface area contributed by atoms with Gasteiger partial charge < -0.3 is 9.84 Å². The van der Waals surface area contributed by atoms with E-state index in [2.05, 4.69) is 15.2 Å². The van der Waals surface area contributed by atoms with Gasteiger partial charge in [0.1, 0.15) is 11.9 Å². The molecule has 1 fully saturated rings. The third-order valence-corrected chi connectivity index (χ3v) is 5.01. The van der Waals surface area contributed by atoms with E-state index in [0.717, 1.165) is 46.6 Å². The van der Waals surface area contributed by atoms with E-state index in [-0.39, 0.29) is 5.60 Å². The van der Waals surface area contributed by atoms with Crippen LogP contribution in [0.2, 0.25) is 0 Å². The lowest BCUT2D eigenvalue weighted by Crippen LogP contribution is -2.30. The molecule has 1 N–H and O–H groups in total. The lowest BCUT2D eigenvalue weighted by molar-refractivity contribution is -0.0827. The lowest BCUT2D eigenvalue weighted by Gasteiger charge is -2.31. The van der Waals surface area contributed by atoms with E-state index < -0.39 is 6.10 Å². The summed E-state index contributed by atoms with van der Waals surface area (Å²) in [5.41, 5.74) is 4.39. The highest BCUT2D eigenvalue weighted by atomic mass is 16.5. The number of hydrogen-bond acceptors (Lipinski definition) is 5. The predicted octanol–water partition coefficient (Wildman–Crippen LogP) is 2.20. The normalized spacial score (nSPS) is 21.6. The molecule has 0 amide bonds. The van der Waals surface area contributed by atoms with Gasteiger partial charge in [0.15, 0.2) is 5.65 Å². The van der Waals surface area contributed by atoms with Crippen molar-refractivity contribution in [1.82, 2.24) is 19.6 Å². The number of fused-ring (bicyclic) bond motifs is 2. The van der Waals surface area contributed by atoms with Gasteiger partial charge in [0.05, 0.1) is 12.2 Å². The van der Waals surface area contributed by atoms with E-state index in [1.54, 1.807) is 6.20 Å². The second-order valence-electron chi connectivity index (χ2n) is 6.40. The van der Waals surface area contributed by atoms with Crippen molar-refractivity contribution in [1.29, 1.82) is 0 Å². The van der Waals surface area contributed by atoms with Gasteiger partial charge in [0, 0.05) is 35.3 Å². The summed E-state index contributed by atoms with van der Waals surface area (Å²) in [7, 11) is 0. The zero-order valence-corrected chi connectivity index (χ0v) is 12.7. The van der Waals surface area contributed by atoms with E-state index in [0.29, 0.717) is 6.61 Å². The highest BCUT2D eigenvalue weighted by Crippen LogP contribution is 2.53. The second kappa shape index (κ2) is 4.37. The van der Waals surface area contributed by atoms with Crippen LogP contribution in [0.5, 0.6) is 0 Å². The maximum atomic E-state index is 10.6. The average molecular weight is 308 g/mol. The maximum absolute atomic E-state index is 10.6. The van der Waals surface area contributed by atoms with Crippen molar-refractivity contribution in [3.05, 3.63) is 47.7 Å². The fourth-order valence-corrected chi connectivity index (χ4v) is 3.43. The number of ether oxygens (including phenoxy) is 1. The molecule has 4 heterocycles. The van der Waals surface area contributed by atoms with Crippen LogP contribution in [0, 0.1) is 6.92 Å². The standard InChI is InChI=1S/C17H16N4O2/c1-10-19-20-15-3-2-11(8-21(10)15)12-6-18-7-13-14(12)9-23-17(4-5-17)16(13)22/h2-3,6-8,16,22H,4-5,9H2,1H3. The number of hydrogen-bond donors (Lipinski definition) is 1. The lowest BCUT2D eigenvalue weighted by atomic mass is 9.91. The van der Waals surface area contributed by atoms with Gasteiger partial charge in [-0.25, -0.2) is 0 Å². The van der Waals surface area contributed by atoms with Crippen LogP contribution in [0.1, 0.15) is 35.9 Å². The number of aliphatic hydroxyl groups is 1. The van der Waals surface area contributed by atoms with Crippen molar-refractivity contribution in [2.75, 3.05) is 0 Å². The minimum Gasteiger partial charge on any atom is -0.385 e. The monoisotopic (exact) mass is 308 g/mol. The molecule has 116 valence electrons. The number of aryl methyl sites for hydroxylation is 1. The second-order valence-corrected chi connectivity index (χ2v) is 6.40. The molecule has 0 saturated heterocycles. The number of rotatable bonds is 1. The molecule has 1 saturated carbocycles. The van der Waals surface area contributed by atoms with Crippen LogP contribution in [0.15, 0.2) is 30.7 Å². The van der Waals surface area contributed by atoms with Gasteiger partial charge >= 0.3 is 0 Å². The van der Waals surface area contributed by atoms with Crippen LogP contribution in [-0.2, 0) is 11.3 Å². The predicted molar refractivity (Wildman–Crippen MR) is 82.7 cm³/mol. The Labute approximate surface area is 132 Å². The van der Waals surface area contributed by atoms with Gasteiger partial charge in [-0.15, -0.1) is 10.2 Å². The molecule has 0 bridgehead atoms. The van der Waals surface area contributed by atoms with E-state index in [4.69, 9.17) is 4.74 Å². The Balaban J connectivity index is 1.68. The Bertz CT molecular complexity index is 929. The Morgan fingerprint density at radius 3 is 2.96 bits per heavy atom. The van der Waals surface area contributed by atoms with Crippen molar-refractivity contribution < 1.29 is 9.84 Å². The summed E-state index contributed by atoms with van der Waals surface area (Å²) in [6, 6.07) is 3.95. The van der Waals surface area contributed by atoms with Gasteiger partial charge in [-0.2, -0.15) is 0 Å². The van der Waals surface area contributed by atoms with Crippen LogP contribution in [-0.4, -0.2) is 30.3 Å². The molecule has 3 aromatic rings. The molecule has 1 unspecified atom stereocenters. The first kappa shape index (κ1) is 13.2. The first-order chi connectivity index (χ1) is 11.2. The number of nitrogens with zero attached hydrogens (tertiary/aromatic N) is 4. The van der Waals surface area contributed by atoms with E-state index in [1.807, 2.05) is 35.9 Å². The number of pyridine rings is 2. The topological polar surface area (TPSA) is 72.5 Å². The van der Waals surface area contributed by atoms with Crippen molar-refractivity contribution in [2.24, 2.45) is 0 Å². The van der Waals surface area contributed by atoms with Gasteiger partial charge in [0.2, 0.25) is 0 Å². The quantitative estimate of drug-likeness (QED) is 0.746. The van der Waals surface area contributed by atoms with Gasteiger partial charge in [-0.1, -0.05) is 0 Å². The van der Waals surface area contributed by atoms with Gasteiger partial charge in [0.25, 0.3) is 0 Å². The summed E-state index contributed by atoms with van der Waals surface area (Å²) in [5.74, 6) is 0.841. The van der Waals surface area contributed by atoms with Gasteiger partial charge in [-0.3, -0.25) is 9.38 Å². The molecule has 23 heavy (non-hydrogen) atoms. The summed E-state index contributed by atoms with van der Waals surface area (Å²) in [6.07, 6.45) is 6.87. The molecule has 5 rings (SSSR count). The SMILES string of the molecule is Cc1nnc2ccc(-c3cncc4c3COC3(CC3)C4O)cn12. The van der Waals surface area contributed by atoms with E-state index >= 15 is 0 Å². The average Bonchev–Trinajstić information content (AvgIpc) is 3.28. The summed E-state index contributed by atoms with van der Waals surface area (Å²) >= 11 is 0. The molecule has 2 aliphatic rings. The molecule has 6 nitrogen and oxygen atoms in total. The summed E-state index contributed by atoms with van der Waals surface area (Å²) in [5, 5.41) is 18.8. The minimum absolute atomic E-state index is 0.359. The molecule has 0 radical (unpaired) electrons. The molecule has 1 atom stereocenters. The van der Waals surface area contributed by atoms with Crippen molar-refractivity contribution in [3.8, 4) is 11.1 Å². The number of aliphatic hydroxyl groups excluding tert-OH is 1. The first-order valence-corrected chi connectivity index (χ1v) is 7.78. The highest BCUT2D eigenvalue weighted by Gasteiger charge is 2.54. The van der Waals surface area contributed by atoms with E-state index in [1.165, 1.54) is 0 Å². The highest BCUT2D eigenvalue weighted by molar-refractivity contribution is 5.69. The molecular formula is C17H16N4O2. The third kappa shape index (κ3) is 1.79. The molecule has 1 spiro atoms. The molecule has 0 aromatic carbocycles. The smallest absolute Gasteiger partial charge is 0.160 e. The molecule has 1 aliphatic heterocycles. The molecule has 1 aliphatic carbocycles. The summed E-state index contributed by atoms with van der Waals surface area (Å²) in [6.45, 7) is 2.44. The number of aromatic nitrogens is 4. The van der Waals surface area contributed by atoms with Crippen LogP contribution in [0.4, 0.5) is 0 Å².